The molecule has 1 fully saturated rings. The minimum Gasteiger partial charge on any atom is -0.493 e. The lowest BCUT2D eigenvalue weighted by Gasteiger charge is -2.35. The van der Waals surface area contributed by atoms with Crippen LogP contribution in [-0.4, -0.2) is 64.4 Å². The smallest absolute Gasteiger partial charge is 0.203 e. The Balaban J connectivity index is 1.97. The van der Waals surface area contributed by atoms with E-state index in [0.717, 1.165) is 37.5 Å². The Morgan fingerprint density at radius 2 is 1.78 bits per heavy atom. The summed E-state index contributed by atoms with van der Waals surface area (Å²) < 4.78 is 16.3. The number of hydrogen-bond acceptors (Lipinski definition) is 5. The third kappa shape index (κ3) is 5.42. The molecular weight excluding hydrogens is 344 g/mol. The Kier molecular flexibility index (Phi) is 8.03. The van der Waals surface area contributed by atoms with Crippen LogP contribution in [0.15, 0.2) is 17.1 Å². The molecule has 0 saturated carbocycles. The zero-order chi connectivity index (χ0) is 19.8. The van der Waals surface area contributed by atoms with Gasteiger partial charge in [0.25, 0.3) is 0 Å². The fourth-order valence-corrected chi connectivity index (χ4v) is 3.43. The Labute approximate surface area is 163 Å². The van der Waals surface area contributed by atoms with Crippen LogP contribution in [0, 0.1) is 0 Å². The number of nitrogens with one attached hydrogen (secondary N) is 2. The van der Waals surface area contributed by atoms with Gasteiger partial charge in [0.05, 0.1) is 21.3 Å². The number of ether oxygens (including phenoxy) is 3. The molecule has 0 bridgehead atoms. The summed E-state index contributed by atoms with van der Waals surface area (Å²) in [6.07, 6.45) is 2.25. The molecule has 0 aliphatic carbocycles. The maximum absolute atomic E-state index is 5.55. The van der Waals surface area contributed by atoms with E-state index in [4.69, 9.17) is 14.2 Å². The van der Waals surface area contributed by atoms with E-state index in [1.54, 1.807) is 28.4 Å². The highest BCUT2D eigenvalue weighted by atomic mass is 16.5. The number of likely N-dealkylation sites (tertiary alicyclic amines) is 1. The standard InChI is InChI=1S/C20H34N4O3/c1-14(2)24-11-9-16(10-12-24)23-20(21-3)22-13-15-7-8-17(25-4)19(27-6)18(15)26-5/h7-8,14,16H,9-13H2,1-6H3,(H2,21,22,23). The molecule has 1 aromatic carbocycles. The maximum atomic E-state index is 5.55. The third-order valence-corrected chi connectivity index (χ3v) is 5.06. The monoisotopic (exact) mass is 378 g/mol. The molecule has 27 heavy (non-hydrogen) atoms. The minimum absolute atomic E-state index is 0.443. The van der Waals surface area contributed by atoms with Crippen LogP contribution in [0.5, 0.6) is 17.2 Å². The lowest BCUT2D eigenvalue weighted by Crippen LogP contribution is -2.49. The molecular formula is C20H34N4O3. The quantitative estimate of drug-likeness (QED) is 0.560. The molecule has 7 nitrogen and oxygen atoms in total. The molecule has 0 amide bonds. The van der Waals surface area contributed by atoms with E-state index in [1.807, 2.05) is 12.1 Å². The van der Waals surface area contributed by atoms with E-state index in [1.165, 1.54) is 0 Å². The molecule has 152 valence electrons. The van der Waals surface area contributed by atoms with Gasteiger partial charge < -0.3 is 29.7 Å². The zero-order valence-electron chi connectivity index (χ0n) is 17.5. The Morgan fingerprint density at radius 1 is 1.11 bits per heavy atom. The summed E-state index contributed by atoms with van der Waals surface area (Å²) in [4.78, 5) is 6.88. The van der Waals surface area contributed by atoms with Crippen molar-refractivity contribution in [3.05, 3.63) is 17.7 Å². The van der Waals surface area contributed by atoms with Gasteiger partial charge in [-0.2, -0.15) is 0 Å². The van der Waals surface area contributed by atoms with Gasteiger partial charge in [0.2, 0.25) is 5.75 Å². The fourth-order valence-electron chi connectivity index (χ4n) is 3.43. The molecule has 0 atom stereocenters. The molecule has 2 N–H and O–H groups in total. The van der Waals surface area contributed by atoms with Crippen LogP contribution in [0.1, 0.15) is 32.3 Å². The summed E-state index contributed by atoms with van der Waals surface area (Å²) in [5, 5.41) is 6.92. The van der Waals surface area contributed by atoms with Gasteiger partial charge in [0.15, 0.2) is 17.5 Å². The first kappa shape index (κ1) is 21.2. The number of piperidine rings is 1. The van der Waals surface area contributed by atoms with Crippen LogP contribution in [0.25, 0.3) is 0 Å². The van der Waals surface area contributed by atoms with Gasteiger partial charge in [-0.3, -0.25) is 4.99 Å². The van der Waals surface area contributed by atoms with Crippen molar-refractivity contribution >= 4 is 5.96 Å². The summed E-state index contributed by atoms with van der Waals surface area (Å²) >= 11 is 0. The molecule has 2 rings (SSSR count). The number of benzene rings is 1. The molecule has 0 spiro atoms. The Bertz CT molecular complexity index is 626. The first-order valence-corrected chi connectivity index (χ1v) is 9.53. The minimum atomic E-state index is 0.443. The molecule has 1 heterocycles. The average Bonchev–Trinajstić information content (AvgIpc) is 2.70. The van der Waals surface area contributed by atoms with Crippen molar-refractivity contribution in [1.82, 2.24) is 15.5 Å². The van der Waals surface area contributed by atoms with Crippen molar-refractivity contribution in [2.24, 2.45) is 4.99 Å². The second kappa shape index (κ2) is 10.3. The predicted octanol–water partition coefficient (Wildman–Crippen LogP) is 2.25. The normalized spacial score (nSPS) is 16.3. The Morgan fingerprint density at radius 3 is 2.30 bits per heavy atom. The van der Waals surface area contributed by atoms with Crippen LogP contribution in [0.3, 0.4) is 0 Å². The van der Waals surface area contributed by atoms with Crippen molar-refractivity contribution in [3.8, 4) is 17.2 Å². The van der Waals surface area contributed by atoms with Crippen molar-refractivity contribution < 1.29 is 14.2 Å². The molecule has 1 saturated heterocycles. The van der Waals surface area contributed by atoms with Crippen LogP contribution in [-0.2, 0) is 6.54 Å². The van der Waals surface area contributed by atoms with Crippen LogP contribution in [0.2, 0.25) is 0 Å². The molecule has 7 heteroatoms. The fraction of sp³-hybridized carbons (Fsp3) is 0.650. The number of aliphatic imine (C=N–C) groups is 1. The van der Waals surface area contributed by atoms with E-state index in [9.17, 15) is 0 Å². The van der Waals surface area contributed by atoms with Gasteiger partial charge in [0, 0.05) is 44.3 Å². The van der Waals surface area contributed by atoms with Gasteiger partial charge in [-0.15, -0.1) is 0 Å². The number of rotatable bonds is 7. The first-order chi connectivity index (χ1) is 13.0. The lowest BCUT2D eigenvalue weighted by molar-refractivity contribution is 0.167. The highest BCUT2D eigenvalue weighted by Crippen LogP contribution is 2.39. The second-order valence-electron chi connectivity index (χ2n) is 6.97. The van der Waals surface area contributed by atoms with Gasteiger partial charge in [-0.05, 0) is 38.8 Å². The number of hydrogen-bond donors (Lipinski definition) is 2. The van der Waals surface area contributed by atoms with E-state index in [2.05, 4.69) is 34.4 Å². The maximum Gasteiger partial charge on any atom is 0.203 e. The summed E-state index contributed by atoms with van der Waals surface area (Å²) in [5.41, 5.74) is 0.979. The number of methoxy groups -OCH3 is 3. The summed E-state index contributed by atoms with van der Waals surface area (Å²) in [7, 11) is 6.66. The summed E-state index contributed by atoms with van der Waals surface area (Å²) in [6.45, 7) is 7.33. The first-order valence-electron chi connectivity index (χ1n) is 9.53. The molecule has 1 aromatic rings. The SMILES string of the molecule is CN=C(NCc1ccc(OC)c(OC)c1OC)NC1CCN(C(C)C)CC1. The van der Waals surface area contributed by atoms with Crippen LogP contribution < -0.4 is 24.8 Å². The zero-order valence-corrected chi connectivity index (χ0v) is 17.5. The molecule has 1 aliphatic heterocycles. The van der Waals surface area contributed by atoms with Crippen molar-refractivity contribution in [3.63, 3.8) is 0 Å². The van der Waals surface area contributed by atoms with Crippen molar-refractivity contribution in [2.45, 2.75) is 45.3 Å². The van der Waals surface area contributed by atoms with E-state index in [-0.39, 0.29) is 0 Å². The average molecular weight is 379 g/mol. The predicted molar refractivity (Wildman–Crippen MR) is 109 cm³/mol. The topological polar surface area (TPSA) is 67.4 Å². The van der Waals surface area contributed by atoms with Gasteiger partial charge in [-0.25, -0.2) is 0 Å². The molecule has 0 aromatic heterocycles. The third-order valence-electron chi connectivity index (χ3n) is 5.06. The number of nitrogens with zero attached hydrogens (tertiary/aromatic N) is 2. The highest BCUT2D eigenvalue weighted by molar-refractivity contribution is 5.80. The van der Waals surface area contributed by atoms with E-state index in [0.29, 0.717) is 35.9 Å². The highest BCUT2D eigenvalue weighted by Gasteiger charge is 2.22. The van der Waals surface area contributed by atoms with E-state index < -0.39 is 0 Å². The number of guanidine groups is 1. The Hall–Kier alpha value is -2.15. The van der Waals surface area contributed by atoms with E-state index >= 15 is 0 Å². The summed E-state index contributed by atoms with van der Waals surface area (Å²) in [6, 6.07) is 4.91. The lowest BCUT2D eigenvalue weighted by atomic mass is 10.0. The molecule has 1 aliphatic rings. The summed E-state index contributed by atoms with van der Waals surface area (Å²) in [5.74, 6) is 2.72. The largest absolute Gasteiger partial charge is 0.493 e. The second-order valence-corrected chi connectivity index (χ2v) is 6.97. The van der Waals surface area contributed by atoms with Crippen molar-refractivity contribution in [1.29, 1.82) is 0 Å². The van der Waals surface area contributed by atoms with Crippen LogP contribution in [0.4, 0.5) is 0 Å². The van der Waals surface area contributed by atoms with Gasteiger partial charge >= 0.3 is 0 Å². The van der Waals surface area contributed by atoms with Crippen LogP contribution >= 0.6 is 0 Å². The van der Waals surface area contributed by atoms with Gasteiger partial charge in [-0.1, -0.05) is 0 Å². The van der Waals surface area contributed by atoms with Gasteiger partial charge in [0.1, 0.15) is 0 Å². The molecule has 0 radical (unpaired) electrons. The van der Waals surface area contributed by atoms with Crippen molar-refractivity contribution in [2.75, 3.05) is 41.5 Å². The molecule has 0 unspecified atom stereocenters.